The molecule has 0 aromatic heterocycles. The molecule has 3 rings (SSSR count). The summed E-state index contributed by atoms with van der Waals surface area (Å²) in [5.41, 5.74) is 5.45. The van der Waals surface area contributed by atoms with Crippen molar-refractivity contribution in [1.82, 2.24) is 0 Å². The van der Waals surface area contributed by atoms with Crippen molar-refractivity contribution in [2.75, 3.05) is 5.32 Å². The van der Waals surface area contributed by atoms with Crippen LogP contribution >= 0.6 is 12.4 Å². The number of halogens is 2. The molecule has 0 unspecified atom stereocenters. The van der Waals surface area contributed by atoms with Crippen molar-refractivity contribution >= 4 is 24.0 Å². The highest BCUT2D eigenvalue weighted by Gasteiger charge is 2.45. The molecule has 2 aliphatic rings. The van der Waals surface area contributed by atoms with Gasteiger partial charge in [-0.1, -0.05) is 0 Å². The molecular formula is C15H20ClFN2O2. The maximum Gasteiger partial charge on any atom is 0.244 e. The monoisotopic (exact) mass is 314 g/mol. The molecule has 0 heterocycles. The van der Waals surface area contributed by atoms with E-state index in [1.54, 1.807) is 12.1 Å². The van der Waals surface area contributed by atoms with Gasteiger partial charge < -0.3 is 15.8 Å². The smallest absolute Gasteiger partial charge is 0.244 e. The molecule has 2 saturated carbocycles. The number of carbonyl (C=O) groups is 1. The highest BCUT2D eigenvalue weighted by atomic mass is 35.5. The van der Waals surface area contributed by atoms with Gasteiger partial charge in [0.05, 0.1) is 11.6 Å². The van der Waals surface area contributed by atoms with Crippen LogP contribution in [-0.2, 0) is 4.79 Å². The molecule has 0 aliphatic heterocycles. The minimum atomic E-state index is -0.754. The molecule has 1 aromatic rings. The first-order chi connectivity index (χ1) is 9.57. The van der Waals surface area contributed by atoms with Crippen molar-refractivity contribution in [2.24, 2.45) is 5.73 Å². The van der Waals surface area contributed by atoms with Gasteiger partial charge in [-0.05, 0) is 50.7 Å². The quantitative estimate of drug-likeness (QED) is 0.898. The van der Waals surface area contributed by atoms with Crippen LogP contribution in [0.2, 0.25) is 0 Å². The van der Waals surface area contributed by atoms with Gasteiger partial charge in [-0.25, -0.2) is 4.39 Å². The molecule has 0 saturated heterocycles. The third-order valence-electron chi connectivity index (χ3n) is 4.03. The average Bonchev–Trinajstić information content (AvgIpc) is 2.97. The second kappa shape index (κ2) is 6.20. The minimum Gasteiger partial charge on any atom is -0.487 e. The maximum atomic E-state index is 14.0. The summed E-state index contributed by atoms with van der Waals surface area (Å²) in [5, 5.41) is 2.65. The van der Waals surface area contributed by atoms with Gasteiger partial charge in [0.2, 0.25) is 5.91 Å². The fourth-order valence-corrected chi connectivity index (χ4v) is 2.48. The molecule has 2 fully saturated rings. The van der Waals surface area contributed by atoms with Crippen LogP contribution in [0.1, 0.15) is 38.5 Å². The third kappa shape index (κ3) is 3.66. The molecule has 6 heteroatoms. The zero-order chi connectivity index (χ0) is 14.2. The summed E-state index contributed by atoms with van der Waals surface area (Å²) in [6.07, 6.45) is 5.72. The van der Waals surface area contributed by atoms with Crippen LogP contribution in [0.15, 0.2) is 18.2 Å². The zero-order valence-electron chi connectivity index (χ0n) is 11.7. The zero-order valence-corrected chi connectivity index (χ0v) is 12.5. The van der Waals surface area contributed by atoms with Crippen molar-refractivity contribution in [2.45, 2.75) is 50.2 Å². The van der Waals surface area contributed by atoms with Crippen molar-refractivity contribution in [3.05, 3.63) is 24.0 Å². The summed E-state index contributed by atoms with van der Waals surface area (Å²) in [6.45, 7) is 0. The lowest BCUT2D eigenvalue weighted by Crippen LogP contribution is -2.37. The van der Waals surface area contributed by atoms with E-state index >= 15 is 0 Å². The van der Waals surface area contributed by atoms with Crippen LogP contribution in [0.4, 0.5) is 10.1 Å². The van der Waals surface area contributed by atoms with Crippen molar-refractivity contribution in [3.63, 3.8) is 0 Å². The van der Waals surface area contributed by atoms with Gasteiger partial charge in [-0.3, -0.25) is 4.79 Å². The van der Waals surface area contributed by atoms with Gasteiger partial charge in [0.25, 0.3) is 0 Å². The number of nitrogens with two attached hydrogens (primary N) is 1. The molecule has 1 aromatic carbocycles. The second-order valence-electron chi connectivity index (χ2n) is 5.78. The number of ether oxygens (including phenoxy) is 1. The Labute approximate surface area is 129 Å². The minimum absolute atomic E-state index is 0. The van der Waals surface area contributed by atoms with E-state index < -0.39 is 11.4 Å². The van der Waals surface area contributed by atoms with Crippen LogP contribution in [0.5, 0.6) is 5.75 Å². The number of hydrogen-bond acceptors (Lipinski definition) is 3. The predicted octanol–water partition coefficient (Wildman–Crippen LogP) is 3.00. The first kappa shape index (κ1) is 16.0. The van der Waals surface area contributed by atoms with Crippen molar-refractivity contribution in [3.8, 4) is 5.75 Å². The first-order valence-electron chi connectivity index (χ1n) is 7.13. The van der Waals surface area contributed by atoms with E-state index in [0.717, 1.165) is 25.7 Å². The fourth-order valence-electron chi connectivity index (χ4n) is 2.48. The second-order valence-corrected chi connectivity index (χ2v) is 5.78. The number of rotatable bonds is 4. The first-order valence-corrected chi connectivity index (χ1v) is 7.13. The Hall–Kier alpha value is -1.33. The molecule has 0 radical (unpaired) electrons. The van der Waals surface area contributed by atoms with Gasteiger partial charge in [-0.15, -0.1) is 12.4 Å². The van der Waals surface area contributed by atoms with Crippen LogP contribution in [0.3, 0.4) is 0 Å². The fraction of sp³-hybridized carbons (Fsp3) is 0.533. The standard InChI is InChI=1S/C15H19FN2O2.ClH/c16-12-9-10(18-14(19)15(17)7-8-15)5-6-13(12)20-11-3-1-2-4-11;/h5-6,9,11H,1-4,7-8,17H2,(H,18,19);1H. The molecule has 3 N–H and O–H groups in total. The van der Waals surface area contributed by atoms with Crippen LogP contribution in [0.25, 0.3) is 0 Å². The third-order valence-corrected chi connectivity index (χ3v) is 4.03. The largest absolute Gasteiger partial charge is 0.487 e. The van der Waals surface area contributed by atoms with Gasteiger partial charge >= 0.3 is 0 Å². The molecule has 1 amide bonds. The summed E-state index contributed by atoms with van der Waals surface area (Å²) >= 11 is 0. The Bertz CT molecular complexity index is 528. The summed E-state index contributed by atoms with van der Waals surface area (Å²) in [5.74, 6) is -0.443. The number of carbonyl (C=O) groups excluding carboxylic acids is 1. The van der Waals surface area contributed by atoms with Gasteiger partial charge in [0, 0.05) is 11.8 Å². The Morgan fingerprint density at radius 1 is 1.33 bits per heavy atom. The van der Waals surface area contributed by atoms with Crippen LogP contribution in [0, 0.1) is 5.82 Å². The molecular weight excluding hydrogens is 295 g/mol. The maximum absolute atomic E-state index is 14.0. The Kier molecular flexibility index (Phi) is 4.74. The number of nitrogens with one attached hydrogen (secondary N) is 1. The van der Waals surface area contributed by atoms with E-state index in [0.29, 0.717) is 18.5 Å². The lowest BCUT2D eigenvalue weighted by atomic mass is 10.2. The van der Waals surface area contributed by atoms with Crippen LogP contribution < -0.4 is 15.8 Å². The summed E-state index contributed by atoms with van der Waals surface area (Å²) < 4.78 is 19.6. The highest BCUT2D eigenvalue weighted by molar-refractivity contribution is 6.00. The van der Waals surface area contributed by atoms with Gasteiger partial charge in [0.1, 0.15) is 0 Å². The van der Waals surface area contributed by atoms with E-state index in [-0.39, 0.29) is 30.2 Å². The molecule has 0 bridgehead atoms. The number of benzene rings is 1. The molecule has 21 heavy (non-hydrogen) atoms. The molecule has 116 valence electrons. The Balaban J connectivity index is 0.00000161. The topological polar surface area (TPSA) is 64.4 Å². The summed E-state index contributed by atoms with van der Waals surface area (Å²) in [4.78, 5) is 11.8. The average molecular weight is 315 g/mol. The highest BCUT2D eigenvalue weighted by Crippen LogP contribution is 2.34. The van der Waals surface area contributed by atoms with E-state index in [1.807, 2.05) is 0 Å². The number of hydrogen-bond donors (Lipinski definition) is 2. The van der Waals surface area contributed by atoms with Gasteiger partial charge in [0.15, 0.2) is 11.6 Å². The summed E-state index contributed by atoms with van der Waals surface area (Å²) in [7, 11) is 0. The summed E-state index contributed by atoms with van der Waals surface area (Å²) in [6, 6.07) is 4.50. The molecule has 0 spiro atoms. The lowest BCUT2D eigenvalue weighted by Gasteiger charge is -2.15. The van der Waals surface area contributed by atoms with E-state index in [2.05, 4.69) is 5.32 Å². The molecule has 0 atom stereocenters. The van der Waals surface area contributed by atoms with Gasteiger partial charge in [-0.2, -0.15) is 0 Å². The SMILES string of the molecule is Cl.NC1(C(=O)Nc2ccc(OC3CCCC3)c(F)c2)CC1. The van der Waals surface area contributed by atoms with Crippen molar-refractivity contribution < 1.29 is 13.9 Å². The van der Waals surface area contributed by atoms with E-state index in [1.165, 1.54) is 6.07 Å². The van der Waals surface area contributed by atoms with Crippen LogP contribution in [-0.4, -0.2) is 17.6 Å². The van der Waals surface area contributed by atoms with E-state index in [9.17, 15) is 9.18 Å². The van der Waals surface area contributed by atoms with Crippen molar-refractivity contribution in [1.29, 1.82) is 0 Å². The molecule has 4 nitrogen and oxygen atoms in total. The van der Waals surface area contributed by atoms with E-state index in [4.69, 9.17) is 10.5 Å². The predicted molar refractivity (Wildman–Crippen MR) is 81.3 cm³/mol. The number of amides is 1. The Morgan fingerprint density at radius 3 is 2.57 bits per heavy atom. The lowest BCUT2D eigenvalue weighted by molar-refractivity contribution is -0.118. The number of anilines is 1. The Morgan fingerprint density at radius 2 is 2.00 bits per heavy atom. The molecule has 2 aliphatic carbocycles. The normalized spacial score (nSPS) is 19.7.